The predicted molar refractivity (Wildman–Crippen MR) is 46.5 cm³/mol. The van der Waals surface area contributed by atoms with Crippen LogP contribution in [0.25, 0.3) is 0 Å². The second-order valence-electron chi connectivity index (χ2n) is 3.31. The van der Waals surface area contributed by atoms with Gasteiger partial charge in [-0.05, 0) is 26.3 Å². The van der Waals surface area contributed by atoms with Crippen molar-refractivity contribution in [3.05, 3.63) is 17.5 Å². The smallest absolute Gasteiger partial charge is 0.165 e. The van der Waals surface area contributed by atoms with Crippen molar-refractivity contribution < 1.29 is 9.32 Å². The molecule has 1 atom stereocenters. The summed E-state index contributed by atoms with van der Waals surface area (Å²) in [6.45, 7) is 2.52. The van der Waals surface area contributed by atoms with Crippen LogP contribution in [0.1, 0.15) is 41.9 Å². The van der Waals surface area contributed by atoms with E-state index in [-0.39, 0.29) is 11.8 Å². The summed E-state index contributed by atoms with van der Waals surface area (Å²) in [5.74, 6) is 0.718. The zero-order chi connectivity index (χ0) is 9.26. The first-order chi connectivity index (χ1) is 6.29. The highest BCUT2D eigenvalue weighted by molar-refractivity contribution is 5.94. The number of rotatable bonds is 2. The fraction of sp³-hybridized carbons (Fsp3) is 0.556. The monoisotopic (exact) mass is 180 g/mol. The first-order valence-electron chi connectivity index (χ1n) is 4.48. The maximum Gasteiger partial charge on any atom is 0.165 e. The Bertz CT molecular complexity index is 313. The van der Waals surface area contributed by atoms with E-state index in [1.165, 1.54) is 13.1 Å². The van der Waals surface area contributed by atoms with Crippen molar-refractivity contribution in [3.63, 3.8) is 0 Å². The minimum Gasteiger partial charge on any atom is -0.359 e. The van der Waals surface area contributed by atoms with Crippen molar-refractivity contribution in [3.8, 4) is 0 Å². The number of aromatic nitrogens is 1. The first-order valence-corrected chi connectivity index (χ1v) is 4.48. The van der Waals surface area contributed by atoms with E-state index in [1.807, 2.05) is 0 Å². The first kappa shape index (κ1) is 8.44. The number of carbonyl (C=O) groups excluding carboxylic acids is 1. The Morgan fingerprint density at radius 2 is 2.62 bits per heavy atom. The van der Waals surface area contributed by atoms with Crippen LogP contribution in [0.4, 0.5) is 0 Å². The molecule has 0 amide bonds. The van der Waals surface area contributed by atoms with Crippen LogP contribution in [0.2, 0.25) is 0 Å². The molecule has 0 spiro atoms. The molecule has 1 N–H and O–H groups in total. The number of nitrogens with zero attached hydrogens (tertiary/aromatic N) is 1. The van der Waals surface area contributed by atoms with Gasteiger partial charge in [-0.1, -0.05) is 5.16 Å². The van der Waals surface area contributed by atoms with Crippen LogP contribution in [-0.2, 0) is 0 Å². The summed E-state index contributed by atoms with van der Waals surface area (Å²) in [5, 5.41) is 6.92. The van der Waals surface area contributed by atoms with Crippen LogP contribution in [0, 0.1) is 0 Å². The molecule has 1 fully saturated rings. The highest BCUT2D eigenvalue weighted by Gasteiger charge is 2.24. The van der Waals surface area contributed by atoms with Crippen molar-refractivity contribution in [2.75, 3.05) is 6.54 Å². The molecular formula is C9H12N2O2. The van der Waals surface area contributed by atoms with Gasteiger partial charge in [-0.2, -0.15) is 0 Å². The van der Waals surface area contributed by atoms with E-state index in [4.69, 9.17) is 4.52 Å². The lowest BCUT2D eigenvalue weighted by atomic mass is 10.1. The van der Waals surface area contributed by atoms with Gasteiger partial charge in [-0.25, -0.2) is 0 Å². The van der Waals surface area contributed by atoms with Crippen LogP contribution < -0.4 is 5.32 Å². The van der Waals surface area contributed by atoms with E-state index in [1.54, 1.807) is 0 Å². The SMILES string of the molecule is CC(=O)c1cnoc1C1CCCN1. The quantitative estimate of drug-likeness (QED) is 0.697. The van der Waals surface area contributed by atoms with Crippen molar-refractivity contribution >= 4 is 5.78 Å². The van der Waals surface area contributed by atoms with Gasteiger partial charge in [0.25, 0.3) is 0 Å². The second-order valence-corrected chi connectivity index (χ2v) is 3.31. The summed E-state index contributed by atoms with van der Waals surface area (Å²) < 4.78 is 5.08. The number of ketones is 1. The lowest BCUT2D eigenvalue weighted by molar-refractivity contribution is 0.101. The van der Waals surface area contributed by atoms with Gasteiger partial charge in [0, 0.05) is 0 Å². The molecule has 4 heteroatoms. The predicted octanol–water partition coefficient (Wildman–Crippen LogP) is 1.30. The average molecular weight is 180 g/mol. The molecule has 1 aliphatic rings. The zero-order valence-corrected chi connectivity index (χ0v) is 7.54. The standard InChI is InChI=1S/C9H12N2O2/c1-6(12)7-5-11-13-9(7)8-3-2-4-10-8/h5,8,10H,2-4H2,1H3. The average Bonchev–Trinajstić information content (AvgIpc) is 2.74. The molecule has 1 saturated heterocycles. The third-order valence-corrected chi connectivity index (χ3v) is 2.35. The Kier molecular flexibility index (Phi) is 2.14. The van der Waals surface area contributed by atoms with Gasteiger partial charge in [-0.3, -0.25) is 4.79 Å². The molecule has 2 rings (SSSR count). The van der Waals surface area contributed by atoms with E-state index in [2.05, 4.69) is 10.5 Å². The van der Waals surface area contributed by atoms with Crippen LogP contribution in [0.5, 0.6) is 0 Å². The molecule has 70 valence electrons. The highest BCUT2D eigenvalue weighted by atomic mass is 16.5. The number of nitrogens with one attached hydrogen (secondary N) is 1. The molecule has 0 radical (unpaired) electrons. The molecule has 1 aromatic heterocycles. The minimum atomic E-state index is 0.0185. The third-order valence-electron chi connectivity index (χ3n) is 2.35. The van der Waals surface area contributed by atoms with Crippen LogP contribution in [0.3, 0.4) is 0 Å². The minimum absolute atomic E-state index is 0.0185. The molecule has 1 aromatic rings. The van der Waals surface area contributed by atoms with Crippen LogP contribution >= 0.6 is 0 Å². The Morgan fingerprint density at radius 3 is 3.23 bits per heavy atom. The third kappa shape index (κ3) is 1.49. The number of hydrogen-bond acceptors (Lipinski definition) is 4. The second kappa shape index (κ2) is 3.30. The summed E-state index contributed by atoms with van der Waals surface area (Å²) >= 11 is 0. The molecule has 1 aliphatic heterocycles. The van der Waals surface area contributed by atoms with Gasteiger partial charge in [0.2, 0.25) is 0 Å². The molecular weight excluding hydrogens is 168 g/mol. The van der Waals surface area contributed by atoms with Crippen molar-refractivity contribution in [1.29, 1.82) is 0 Å². The Balaban J connectivity index is 2.28. The van der Waals surface area contributed by atoms with Crippen molar-refractivity contribution in [2.24, 2.45) is 0 Å². The Morgan fingerprint density at radius 1 is 1.77 bits per heavy atom. The number of hydrogen-bond donors (Lipinski definition) is 1. The molecule has 4 nitrogen and oxygen atoms in total. The summed E-state index contributed by atoms with van der Waals surface area (Å²) in [7, 11) is 0. The lowest BCUT2D eigenvalue weighted by Crippen LogP contribution is -2.14. The van der Waals surface area contributed by atoms with E-state index in [0.29, 0.717) is 11.3 Å². The van der Waals surface area contributed by atoms with Crippen molar-refractivity contribution in [1.82, 2.24) is 10.5 Å². The highest BCUT2D eigenvalue weighted by Crippen LogP contribution is 2.25. The van der Waals surface area contributed by atoms with E-state index in [9.17, 15) is 4.79 Å². The Labute approximate surface area is 76.3 Å². The molecule has 2 heterocycles. The molecule has 0 bridgehead atoms. The summed E-state index contributed by atoms with van der Waals surface area (Å²) in [6, 6.07) is 0.182. The van der Waals surface area contributed by atoms with Crippen molar-refractivity contribution in [2.45, 2.75) is 25.8 Å². The largest absolute Gasteiger partial charge is 0.359 e. The van der Waals surface area contributed by atoms with Gasteiger partial charge in [-0.15, -0.1) is 0 Å². The molecule has 1 unspecified atom stereocenters. The fourth-order valence-electron chi connectivity index (χ4n) is 1.67. The molecule has 0 aliphatic carbocycles. The summed E-state index contributed by atoms with van der Waals surface area (Å²) in [5.41, 5.74) is 0.611. The summed E-state index contributed by atoms with van der Waals surface area (Å²) in [6.07, 6.45) is 3.65. The fourth-order valence-corrected chi connectivity index (χ4v) is 1.67. The van der Waals surface area contributed by atoms with Gasteiger partial charge in [0.15, 0.2) is 11.5 Å². The molecule has 0 saturated carbocycles. The summed E-state index contributed by atoms with van der Waals surface area (Å²) in [4.78, 5) is 11.2. The van der Waals surface area contributed by atoms with E-state index < -0.39 is 0 Å². The van der Waals surface area contributed by atoms with Gasteiger partial charge >= 0.3 is 0 Å². The Hall–Kier alpha value is -1.16. The van der Waals surface area contributed by atoms with Gasteiger partial charge in [0.1, 0.15) is 0 Å². The maximum absolute atomic E-state index is 11.2. The normalized spacial score (nSPS) is 22.1. The van der Waals surface area contributed by atoms with Crippen LogP contribution in [-0.4, -0.2) is 17.5 Å². The molecule has 0 aromatic carbocycles. The van der Waals surface area contributed by atoms with E-state index in [0.717, 1.165) is 19.4 Å². The topological polar surface area (TPSA) is 55.1 Å². The maximum atomic E-state index is 11.2. The van der Waals surface area contributed by atoms with E-state index >= 15 is 0 Å². The van der Waals surface area contributed by atoms with Gasteiger partial charge < -0.3 is 9.84 Å². The molecule has 13 heavy (non-hydrogen) atoms. The lowest BCUT2D eigenvalue weighted by Gasteiger charge is -2.05. The van der Waals surface area contributed by atoms with Gasteiger partial charge in [0.05, 0.1) is 17.8 Å². The zero-order valence-electron chi connectivity index (χ0n) is 7.54. The van der Waals surface area contributed by atoms with Crippen LogP contribution in [0.15, 0.2) is 10.7 Å². The number of Topliss-reactive ketones (excluding diaryl/α,β-unsaturated/α-hetero) is 1. The number of carbonyl (C=O) groups is 1.